The summed E-state index contributed by atoms with van der Waals surface area (Å²) in [6.07, 6.45) is 2.53. The molecule has 5 heteroatoms. The van der Waals surface area contributed by atoms with E-state index in [1.807, 2.05) is 12.1 Å². The molecule has 0 radical (unpaired) electrons. The first kappa shape index (κ1) is 19.3. The van der Waals surface area contributed by atoms with E-state index in [1.165, 1.54) is 16.3 Å². The average Bonchev–Trinajstić information content (AvgIpc) is 3.13. The van der Waals surface area contributed by atoms with Crippen molar-refractivity contribution in [3.05, 3.63) is 72.2 Å². The van der Waals surface area contributed by atoms with Crippen molar-refractivity contribution < 1.29 is 4.42 Å². The highest BCUT2D eigenvalue weighted by atomic mass is 127. The predicted octanol–water partition coefficient (Wildman–Crippen LogP) is 4.52. The second kappa shape index (κ2) is 9.46. The van der Waals surface area contributed by atoms with E-state index in [2.05, 4.69) is 65.0 Å². The van der Waals surface area contributed by atoms with E-state index >= 15 is 0 Å². The van der Waals surface area contributed by atoms with Crippen molar-refractivity contribution in [3.8, 4) is 0 Å². The number of fused-ring (bicyclic) bond motifs is 1. The first-order valence-electron chi connectivity index (χ1n) is 8.24. The van der Waals surface area contributed by atoms with E-state index in [4.69, 9.17) is 4.42 Å². The summed E-state index contributed by atoms with van der Waals surface area (Å²) in [6.45, 7) is 2.92. The molecular weight excluding hydrogens is 425 g/mol. The Morgan fingerprint density at radius 3 is 2.60 bits per heavy atom. The van der Waals surface area contributed by atoms with E-state index in [0.29, 0.717) is 0 Å². The molecule has 132 valence electrons. The minimum absolute atomic E-state index is 0. The van der Waals surface area contributed by atoms with Crippen molar-refractivity contribution in [1.29, 1.82) is 0 Å². The second-order valence-electron chi connectivity index (χ2n) is 5.80. The van der Waals surface area contributed by atoms with Gasteiger partial charge in [-0.15, -0.1) is 24.0 Å². The summed E-state index contributed by atoms with van der Waals surface area (Å²) >= 11 is 0. The van der Waals surface area contributed by atoms with Crippen molar-refractivity contribution in [2.24, 2.45) is 4.99 Å². The van der Waals surface area contributed by atoms with Gasteiger partial charge in [0.1, 0.15) is 5.76 Å². The molecule has 0 saturated heterocycles. The molecule has 2 aromatic carbocycles. The molecule has 3 aromatic rings. The number of rotatable bonds is 5. The minimum atomic E-state index is 0. The lowest BCUT2D eigenvalue weighted by molar-refractivity contribution is 0.506. The molecule has 1 unspecified atom stereocenters. The van der Waals surface area contributed by atoms with Gasteiger partial charge >= 0.3 is 0 Å². The molecule has 0 amide bonds. The number of halogens is 1. The van der Waals surface area contributed by atoms with E-state index in [-0.39, 0.29) is 30.0 Å². The fraction of sp³-hybridized carbons (Fsp3) is 0.250. The molecule has 0 aliphatic carbocycles. The topological polar surface area (TPSA) is 49.6 Å². The predicted molar refractivity (Wildman–Crippen MR) is 115 cm³/mol. The normalized spacial score (nSPS) is 12.5. The Labute approximate surface area is 165 Å². The van der Waals surface area contributed by atoms with Crippen molar-refractivity contribution in [2.45, 2.75) is 19.4 Å². The third kappa shape index (κ3) is 5.22. The van der Waals surface area contributed by atoms with Gasteiger partial charge in [-0.3, -0.25) is 4.99 Å². The van der Waals surface area contributed by atoms with Gasteiger partial charge < -0.3 is 15.1 Å². The zero-order valence-corrected chi connectivity index (χ0v) is 16.9. The van der Waals surface area contributed by atoms with Crippen LogP contribution >= 0.6 is 24.0 Å². The summed E-state index contributed by atoms with van der Waals surface area (Å²) in [5.41, 5.74) is 1.24. The standard InChI is InChI=1S/C20H23N3O.HI/c1-15(17-10-9-16-6-3-4-7-18(16)14-17)23-20(21-2)22-12-11-19-8-5-13-24-19;/h3-10,13-15H,11-12H2,1-2H3,(H2,21,22,23);1H. The Bertz CT molecular complexity index is 815. The van der Waals surface area contributed by atoms with E-state index < -0.39 is 0 Å². The highest BCUT2D eigenvalue weighted by molar-refractivity contribution is 14.0. The fourth-order valence-corrected chi connectivity index (χ4v) is 2.72. The lowest BCUT2D eigenvalue weighted by Crippen LogP contribution is -2.39. The van der Waals surface area contributed by atoms with Crippen LogP contribution in [0.1, 0.15) is 24.3 Å². The Balaban J connectivity index is 0.00000225. The highest BCUT2D eigenvalue weighted by Gasteiger charge is 2.08. The van der Waals surface area contributed by atoms with Crippen LogP contribution in [0.15, 0.2) is 70.3 Å². The third-order valence-electron chi connectivity index (χ3n) is 4.09. The molecule has 0 bridgehead atoms. The van der Waals surface area contributed by atoms with Crippen LogP contribution in [0.3, 0.4) is 0 Å². The van der Waals surface area contributed by atoms with Crippen LogP contribution in [0.5, 0.6) is 0 Å². The van der Waals surface area contributed by atoms with Gasteiger partial charge in [0.25, 0.3) is 0 Å². The molecular formula is C20H24IN3O. The molecule has 0 fully saturated rings. The SMILES string of the molecule is CN=C(NCCc1ccco1)NC(C)c1ccc2ccccc2c1.I. The molecule has 2 N–H and O–H groups in total. The first-order valence-corrected chi connectivity index (χ1v) is 8.24. The summed E-state index contributed by atoms with van der Waals surface area (Å²) in [5, 5.41) is 9.27. The number of furan rings is 1. The Morgan fingerprint density at radius 2 is 1.88 bits per heavy atom. The van der Waals surface area contributed by atoms with Crippen LogP contribution in [0, 0.1) is 0 Å². The first-order chi connectivity index (χ1) is 11.8. The number of aliphatic imine (C=N–C) groups is 1. The summed E-state index contributed by atoms with van der Waals surface area (Å²) < 4.78 is 5.34. The molecule has 4 nitrogen and oxygen atoms in total. The number of hydrogen-bond acceptors (Lipinski definition) is 2. The summed E-state index contributed by atoms with van der Waals surface area (Å²) in [7, 11) is 1.79. The van der Waals surface area contributed by atoms with Gasteiger partial charge in [0, 0.05) is 20.0 Å². The van der Waals surface area contributed by atoms with Crippen LogP contribution in [-0.4, -0.2) is 19.6 Å². The van der Waals surface area contributed by atoms with Crippen molar-refractivity contribution in [1.82, 2.24) is 10.6 Å². The smallest absolute Gasteiger partial charge is 0.191 e. The van der Waals surface area contributed by atoms with E-state index in [9.17, 15) is 0 Å². The quantitative estimate of drug-likeness (QED) is 0.342. The third-order valence-corrected chi connectivity index (χ3v) is 4.09. The number of nitrogens with zero attached hydrogens (tertiary/aromatic N) is 1. The molecule has 25 heavy (non-hydrogen) atoms. The van der Waals surface area contributed by atoms with Crippen LogP contribution in [0.25, 0.3) is 10.8 Å². The van der Waals surface area contributed by atoms with Crippen molar-refractivity contribution in [3.63, 3.8) is 0 Å². The zero-order chi connectivity index (χ0) is 16.8. The lowest BCUT2D eigenvalue weighted by atomic mass is 10.0. The van der Waals surface area contributed by atoms with Gasteiger partial charge in [-0.2, -0.15) is 0 Å². The van der Waals surface area contributed by atoms with Gasteiger partial charge in [-0.1, -0.05) is 36.4 Å². The van der Waals surface area contributed by atoms with Crippen molar-refractivity contribution >= 4 is 40.7 Å². The van der Waals surface area contributed by atoms with E-state index in [0.717, 1.165) is 24.7 Å². The maximum absolute atomic E-state index is 5.34. The summed E-state index contributed by atoms with van der Waals surface area (Å²) in [4.78, 5) is 4.30. The maximum atomic E-state index is 5.34. The molecule has 0 saturated carbocycles. The Morgan fingerprint density at radius 1 is 1.08 bits per heavy atom. The highest BCUT2D eigenvalue weighted by Crippen LogP contribution is 2.20. The van der Waals surface area contributed by atoms with Crippen LogP contribution in [-0.2, 0) is 6.42 Å². The van der Waals surface area contributed by atoms with E-state index in [1.54, 1.807) is 13.3 Å². The molecule has 0 spiro atoms. The number of guanidine groups is 1. The van der Waals surface area contributed by atoms with Gasteiger partial charge in [0.05, 0.1) is 12.3 Å². The Hall–Kier alpha value is -2.02. The van der Waals surface area contributed by atoms with Gasteiger partial charge in [0.2, 0.25) is 0 Å². The molecule has 1 aromatic heterocycles. The molecule has 0 aliphatic rings. The average molecular weight is 449 g/mol. The van der Waals surface area contributed by atoms with Gasteiger partial charge in [-0.05, 0) is 41.5 Å². The number of benzene rings is 2. The zero-order valence-electron chi connectivity index (χ0n) is 14.5. The maximum Gasteiger partial charge on any atom is 0.191 e. The fourth-order valence-electron chi connectivity index (χ4n) is 2.72. The lowest BCUT2D eigenvalue weighted by Gasteiger charge is -2.18. The molecule has 3 rings (SSSR count). The molecule has 0 aliphatic heterocycles. The number of nitrogens with one attached hydrogen (secondary N) is 2. The summed E-state index contributed by atoms with van der Waals surface area (Å²) in [6, 6.07) is 19.0. The minimum Gasteiger partial charge on any atom is -0.469 e. The largest absolute Gasteiger partial charge is 0.469 e. The number of hydrogen-bond donors (Lipinski definition) is 2. The second-order valence-corrected chi connectivity index (χ2v) is 5.80. The van der Waals surface area contributed by atoms with Gasteiger partial charge in [0.15, 0.2) is 5.96 Å². The Kier molecular flexibility index (Phi) is 7.31. The van der Waals surface area contributed by atoms with Crippen LogP contribution in [0.2, 0.25) is 0 Å². The monoisotopic (exact) mass is 449 g/mol. The molecule has 1 atom stereocenters. The van der Waals surface area contributed by atoms with Crippen molar-refractivity contribution in [2.75, 3.05) is 13.6 Å². The van der Waals surface area contributed by atoms with Crippen LogP contribution < -0.4 is 10.6 Å². The van der Waals surface area contributed by atoms with Gasteiger partial charge in [-0.25, -0.2) is 0 Å². The van der Waals surface area contributed by atoms with Crippen LogP contribution in [0.4, 0.5) is 0 Å². The molecule has 1 heterocycles. The summed E-state index contributed by atoms with van der Waals surface area (Å²) in [5.74, 6) is 1.77.